The van der Waals surface area contributed by atoms with E-state index < -0.39 is 0 Å². The first-order valence-electron chi connectivity index (χ1n) is 8.37. The monoisotopic (exact) mass is 326 g/mol. The molecule has 3 rings (SSSR count). The Bertz CT molecular complexity index is 703. The Kier molecular flexibility index (Phi) is 4.93. The molecule has 0 bridgehead atoms. The highest BCUT2D eigenvalue weighted by molar-refractivity contribution is 5.95. The molecule has 2 amide bonds. The third kappa shape index (κ3) is 3.64. The lowest BCUT2D eigenvalue weighted by atomic mass is 9.95. The Morgan fingerprint density at radius 3 is 2.58 bits per heavy atom. The van der Waals surface area contributed by atoms with E-state index in [9.17, 15) is 9.59 Å². The number of benzene rings is 1. The maximum atomic E-state index is 12.4. The molecule has 0 atom stereocenters. The molecular weight excluding hydrogens is 304 g/mol. The molecule has 2 aromatic rings. The summed E-state index contributed by atoms with van der Waals surface area (Å²) in [7, 11) is 0. The number of aromatic amines is 1. The molecule has 1 aromatic heterocycles. The summed E-state index contributed by atoms with van der Waals surface area (Å²) in [5.41, 5.74) is 1.69. The predicted octanol–water partition coefficient (Wildman–Crippen LogP) is 2.46. The van der Waals surface area contributed by atoms with Gasteiger partial charge in [0.25, 0.3) is 5.91 Å². The highest BCUT2D eigenvalue weighted by Gasteiger charge is 2.28. The van der Waals surface area contributed by atoms with Gasteiger partial charge >= 0.3 is 0 Å². The van der Waals surface area contributed by atoms with Crippen molar-refractivity contribution in [1.29, 1.82) is 0 Å². The zero-order valence-corrected chi connectivity index (χ0v) is 13.8. The Labute approximate surface area is 141 Å². The van der Waals surface area contributed by atoms with Crippen LogP contribution in [0, 0.1) is 5.92 Å². The summed E-state index contributed by atoms with van der Waals surface area (Å²) in [4.78, 5) is 26.6. The first-order valence-corrected chi connectivity index (χ1v) is 8.37. The van der Waals surface area contributed by atoms with Crippen LogP contribution in [-0.2, 0) is 11.2 Å². The lowest BCUT2D eigenvalue weighted by molar-refractivity contribution is -0.121. The molecule has 0 unspecified atom stereocenters. The van der Waals surface area contributed by atoms with E-state index in [0.29, 0.717) is 37.3 Å². The fourth-order valence-corrected chi connectivity index (χ4v) is 2.94. The Hall–Kier alpha value is -2.63. The number of hydrogen-bond acceptors (Lipinski definition) is 3. The number of aryl methyl sites for hydroxylation is 1. The van der Waals surface area contributed by atoms with Crippen molar-refractivity contribution in [3.63, 3.8) is 0 Å². The molecular formula is C18H22N4O2. The number of carbonyl (C=O) groups excluding carboxylic acids is 2. The quantitative estimate of drug-likeness (QED) is 0.906. The largest absolute Gasteiger partial charge is 0.339 e. The first kappa shape index (κ1) is 16.2. The van der Waals surface area contributed by atoms with Gasteiger partial charge in [-0.15, -0.1) is 0 Å². The molecule has 6 heteroatoms. The van der Waals surface area contributed by atoms with Crippen LogP contribution in [0.25, 0.3) is 0 Å². The number of rotatable bonds is 4. The second-order valence-electron chi connectivity index (χ2n) is 6.05. The number of amides is 2. The van der Waals surface area contributed by atoms with Crippen molar-refractivity contribution in [2.24, 2.45) is 5.92 Å². The predicted molar refractivity (Wildman–Crippen MR) is 91.7 cm³/mol. The topological polar surface area (TPSA) is 78.1 Å². The van der Waals surface area contributed by atoms with Crippen molar-refractivity contribution in [1.82, 2.24) is 15.1 Å². The number of carbonyl (C=O) groups is 2. The molecule has 1 aliphatic rings. The Morgan fingerprint density at radius 1 is 1.25 bits per heavy atom. The zero-order chi connectivity index (χ0) is 16.9. The molecule has 2 N–H and O–H groups in total. The molecule has 24 heavy (non-hydrogen) atoms. The van der Waals surface area contributed by atoms with Crippen molar-refractivity contribution in [3.8, 4) is 0 Å². The molecule has 0 radical (unpaired) electrons. The van der Waals surface area contributed by atoms with Crippen LogP contribution in [0.2, 0.25) is 0 Å². The summed E-state index contributed by atoms with van der Waals surface area (Å²) in [5, 5.41) is 9.83. The number of piperidine rings is 1. The van der Waals surface area contributed by atoms with E-state index in [-0.39, 0.29) is 17.7 Å². The van der Waals surface area contributed by atoms with Crippen molar-refractivity contribution in [2.75, 3.05) is 18.4 Å². The maximum absolute atomic E-state index is 12.4. The highest BCUT2D eigenvalue weighted by Crippen LogP contribution is 2.21. The molecule has 126 valence electrons. The number of nitrogens with one attached hydrogen (secondary N) is 2. The van der Waals surface area contributed by atoms with E-state index in [1.54, 1.807) is 0 Å². The van der Waals surface area contributed by atoms with Gasteiger partial charge in [-0.05, 0) is 31.4 Å². The van der Waals surface area contributed by atoms with E-state index in [2.05, 4.69) is 15.5 Å². The molecule has 1 aliphatic heterocycles. The second-order valence-corrected chi connectivity index (χ2v) is 6.05. The van der Waals surface area contributed by atoms with Gasteiger partial charge in [0.05, 0.1) is 0 Å². The number of nitrogens with zero attached hydrogens (tertiary/aromatic N) is 2. The average Bonchev–Trinajstić information content (AvgIpc) is 3.09. The smallest absolute Gasteiger partial charge is 0.253 e. The van der Waals surface area contributed by atoms with Crippen molar-refractivity contribution in [2.45, 2.75) is 26.2 Å². The third-order valence-electron chi connectivity index (χ3n) is 4.44. The van der Waals surface area contributed by atoms with Crippen molar-refractivity contribution in [3.05, 3.63) is 47.7 Å². The van der Waals surface area contributed by atoms with Gasteiger partial charge in [-0.1, -0.05) is 25.1 Å². The number of hydrogen-bond donors (Lipinski definition) is 2. The van der Waals surface area contributed by atoms with Crippen LogP contribution in [0.15, 0.2) is 36.4 Å². The molecule has 6 nitrogen and oxygen atoms in total. The van der Waals surface area contributed by atoms with Crippen LogP contribution in [0.1, 0.15) is 35.8 Å². The normalized spacial score (nSPS) is 15.3. The van der Waals surface area contributed by atoms with Gasteiger partial charge < -0.3 is 10.2 Å². The zero-order valence-electron chi connectivity index (χ0n) is 13.8. The molecule has 0 saturated carbocycles. The van der Waals surface area contributed by atoms with Gasteiger partial charge in [-0.25, -0.2) is 0 Å². The van der Waals surface area contributed by atoms with Crippen LogP contribution >= 0.6 is 0 Å². The van der Waals surface area contributed by atoms with E-state index in [1.807, 2.05) is 48.2 Å². The minimum absolute atomic E-state index is 0.0176. The van der Waals surface area contributed by atoms with Crippen LogP contribution in [0.5, 0.6) is 0 Å². The van der Waals surface area contributed by atoms with Gasteiger partial charge in [0.2, 0.25) is 5.91 Å². The van der Waals surface area contributed by atoms with Gasteiger partial charge in [-0.2, -0.15) is 5.10 Å². The lowest BCUT2D eigenvalue weighted by Gasteiger charge is -2.31. The van der Waals surface area contributed by atoms with E-state index in [4.69, 9.17) is 0 Å². The molecule has 0 aliphatic carbocycles. The number of H-pyrrole nitrogens is 1. The minimum Gasteiger partial charge on any atom is -0.339 e. The first-order chi connectivity index (χ1) is 11.7. The van der Waals surface area contributed by atoms with Crippen LogP contribution in [-0.4, -0.2) is 40.0 Å². The van der Waals surface area contributed by atoms with Gasteiger partial charge in [-0.3, -0.25) is 14.7 Å². The van der Waals surface area contributed by atoms with Crippen LogP contribution in [0.3, 0.4) is 0 Å². The van der Waals surface area contributed by atoms with Crippen LogP contribution in [0.4, 0.5) is 5.82 Å². The number of aromatic nitrogens is 2. The fourth-order valence-electron chi connectivity index (χ4n) is 2.94. The summed E-state index contributed by atoms with van der Waals surface area (Å²) in [5.74, 6) is 0.511. The Balaban J connectivity index is 1.53. The van der Waals surface area contributed by atoms with Crippen molar-refractivity contribution < 1.29 is 9.59 Å². The molecule has 1 aromatic carbocycles. The third-order valence-corrected chi connectivity index (χ3v) is 4.44. The van der Waals surface area contributed by atoms with Crippen molar-refractivity contribution >= 4 is 17.6 Å². The summed E-state index contributed by atoms with van der Waals surface area (Å²) >= 11 is 0. The fraction of sp³-hybridized carbons (Fsp3) is 0.389. The van der Waals surface area contributed by atoms with Gasteiger partial charge in [0.1, 0.15) is 0 Å². The number of anilines is 1. The number of likely N-dealkylation sites (tertiary alicyclic amines) is 1. The highest BCUT2D eigenvalue weighted by atomic mass is 16.2. The molecule has 1 fully saturated rings. The van der Waals surface area contributed by atoms with E-state index in [0.717, 1.165) is 12.1 Å². The average molecular weight is 326 g/mol. The van der Waals surface area contributed by atoms with Crippen LogP contribution < -0.4 is 5.32 Å². The van der Waals surface area contributed by atoms with Gasteiger partial charge in [0.15, 0.2) is 5.82 Å². The molecule has 0 spiro atoms. The standard InChI is InChI=1S/C18H22N4O2/c1-2-15-12-16(21-20-15)19-17(23)13-8-10-22(11-9-13)18(24)14-6-4-3-5-7-14/h3-7,12-13H,2,8-11H2,1H3,(H2,19,20,21,23). The summed E-state index contributed by atoms with van der Waals surface area (Å²) in [6, 6.07) is 11.1. The second kappa shape index (κ2) is 7.29. The molecule has 1 saturated heterocycles. The SMILES string of the molecule is CCc1cc(NC(=O)C2CCN(C(=O)c3ccccc3)CC2)n[nH]1. The summed E-state index contributed by atoms with van der Waals surface area (Å²) < 4.78 is 0. The lowest BCUT2D eigenvalue weighted by Crippen LogP contribution is -2.41. The maximum Gasteiger partial charge on any atom is 0.253 e. The molecule has 2 heterocycles. The van der Waals surface area contributed by atoms with Gasteiger partial charge in [0, 0.05) is 36.3 Å². The summed E-state index contributed by atoms with van der Waals surface area (Å²) in [6.07, 6.45) is 2.20. The van der Waals surface area contributed by atoms with E-state index in [1.165, 1.54) is 0 Å². The van der Waals surface area contributed by atoms with E-state index >= 15 is 0 Å². The Morgan fingerprint density at radius 2 is 1.96 bits per heavy atom. The minimum atomic E-state index is -0.0772. The summed E-state index contributed by atoms with van der Waals surface area (Å²) in [6.45, 7) is 3.23.